The first kappa shape index (κ1) is 13.8. The van der Waals surface area contributed by atoms with Gasteiger partial charge in [0.05, 0.1) is 19.8 Å². The van der Waals surface area contributed by atoms with Gasteiger partial charge in [-0.25, -0.2) is 0 Å². The molecule has 0 saturated carbocycles. The molecule has 0 aliphatic rings. The zero-order valence-corrected chi connectivity index (χ0v) is 9.62. The largest absolute Gasteiger partial charge is 0.394 e. The summed E-state index contributed by atoms with van der Waals surface area (Å²) in [6, 6.07) is 0.543. The summed E-state index contributed by atoms with van der Waals surface area (Å²) < 4.78 is 5.23. The predicted molar refractivity (Wildman–Crippen MR) is 58.5 cm³/mol. The van der Waals surface area contributed by atoms with E-state index < -0.39 is 0 Å². The van der Waals surface area contributed by atoms with Gasteiger partial charge in [-0.15, -0.1) is 0 Å². The number of hydrogen-bond acceptors (Lipinski definition) is 4. The summed E-state index contributed by atoms with van der Waals surface area (Å²) >= 11 is 0. The lowest BCUT2D eigenvalue weighted by atomic mass is 10.3. The van der Waals surface area contributed by atoms with E-state index in [9.17, 15) is 0 Å². The monoisotopic (exact) mass is 204 g/mol. The highest BCUT2D eigenvalue weighted by Gasteiger charge is 2.07. The predicted octanol–water partition coefficient (Wildman–Crippen LogP) is -0.0749. The second-order valence-electron chi connectivity index (χ2n) is 3.57. The quantitative estimate of drug-likeness (QED) is 0.516. The van der Waals surface area contributed by atoms with Crippen LogP contribution in [0.2, 0.25) is 0 Å². The topological polar surface area (TPSA) is 44.7 Å². The van der Waals surface area contributed by atoms with Gasteiger partial charge in [0.2, 0.25) is 0 Å². The van der Waals surface area contributed by atoms with Crippen LogP contribution < -0.4 is 5.32 Å². The van der Waals surface area contributed by atoms with Gasteiger partial charge in [0, 0.05) is 25.7 Å². The molecule has 14 heavy (non-hydrogen) atoms. The first-order valence-electron chi connectivity index (χ1n) is 5.29. The standard InChI is InChI=1S/C10H24N2O2/c1-10(2)12(5-4-11-3)6-8-14-9-7-13/h10-11,13H,4-9H2,1-3H3. The number of aliphatic hydroxyl groups excluding tert-OH is 1. The van der Waals surface area contributed by atoms with Crippen molar-refractivity contribution < 1.29 is 9.84 Å². The molecule has 0 spiro atoms. The van der Waals surface area contributed by atoms with E-state index in [1.165, 1.54) is 0 Å². The summed E-state index contributed by atoms with van der Waals surface area (Å²) in [6.07, 6.45) is 0. The third-order valence-corrected chi connectivity index (χ3v) is 2.14. The van der Waals surface area contributed by atoms with Crippen molar-refractivity contribution in [3.63, 3.8) is 0 Å². The number of likely N-dealkylation sites (N-methyl/N-ethyl adjacent to an activating group) is 1. The van der Waals surface area contributed by atoms with Crippen molar-refractivity contribution in [3.8, 4) is 0 Å². The van der Waals surface area contributed by atoms with Crippen LogP contribution in [0.4, 0.5) is 0 Å². The fraction of sp³-hybridized carbons (Fsp3) is 1.00. The van der Waals surface area contributed by atoms with E-state index in [1.807, 2.05) is 7.05 Å². The molecule has 0 bridgehead atoms. The summed E-state index contributed by atoms with van der Waals surface area (Å²) in [5.41, 5.74) is 0. The molecule has 0 unspecified atom stereocenters. The summed E-state index contributed by atoms with van der Waals surface area (Å²) in [4.78, 5) is 2.36. The van der Waals surface area contributed by atoms with Crippen LogP contribution in [0.25, 0.3) is 0 Å². The molecule has 86 valence electrons. The van der Waals surface area contributed by atoms with Crippen molar-refractivity contribution in [2.45, 2.75) is 19.9 Å². The SMILES string of the molecule is CNCCN(CCOCCO)C(C)C. The van der Waals surface area contributed by atoms with Crippen LogP contribution in [0.15, 0.2) is 0 Å². The second kappa shape index (κ2) is 9.40. The lowest BCUT2D eigenvalue weighted by Gasteiger charge is -2.26. The van der Waals surface area contributed by atoms with Crippen molar-refractivity contribution in [2.75, 3.05) is 46.5 Å². The average Bonchev–Trinajstić information content (AvgIpc) is 2.16. The molecule has 0 aliphatic carbocycles. The molecular weight excluding hydrogens is 180 g/mol. The fourth-order valence-corrected chi connectivity index (χ4v) is 1.23. The van der Waals surface area contributed by atoms with E-state index in [-0.39, 0.29) is 6.61 Å². The Labute approximate surface area is 87.2 Å². The van der Waals surface area contributed by atoms with Gasteiger partial charge >= 0.3 is 0 Å². The first-order valence-corrected chi connectivity index (χ1v) is 5.29. The second-order valence-corrected chi connectivity index (χ2v) is 3.57. The molecule has 0 rings (SSSR count). The minimum atomic E-state index is 0.109. The van der Waals surface area contributed by atoms with E-state index in [1.54, 1.807) is 0 Å². The van der Waals surface area contributed by atoms with E-state index in [2.05, 4.69) is 24.1 Å². The molecule has 0 saturated heterocycles. The van der Waals surface area contributed by atoms with Crippen LogP contribution in [0.5, 0.6) is 0 Å². The van der Waals surface area contributed by atoms with E-state index in [0.29, 0.717) is 19.3 Å². The van der Waals surface area contributed by atoms with Crippen molar-refractivity contribution >= 4 is 0 Å². The van der Waals surface area contributed by atoms with Crippen LogP contribution in [-0.2, 0) is 4.74 Å². The Morgan fingerprint density at radius 3 is 2.50 bits per heavy atom. The van der Waals surface area contributed by atoms with Crippen molar-refractivity contribution in [1.82, 2.24) is 10.2 Å². The maximum atomic E-state index is 8.53. The number of aliphatic hydroxyl groups is 1. The zero-order valence-electron chi connectivity index (χ0n) is 9.62. The van der Waals surface area contributed by atoms with Gasteiger partial charge in [-0.1, -0.05) is 0 Å². The molecule has 0 aromatic rings. The Kier molecular flexibility index (Phi) is 9.29. The highest BCUT2D eigenvalue weighted by molar-refractivity contribution is 4.63. The van der Waals surface area contributed by atoms with Crippen molar-refractivity contribution in [3.05, 3.63) is 0 Å². The van der Waals surface area contributed by atoms with Crippen LogP contribution in [0, 0.1) is 0 Å². The summed E-state index contributed by atoms with van der Waals surface area (Å²) in [5, 5.41) is 11.7. The molecule has 0 aliphatic heterocycles. The Morgan fingerprint density at radius 1 is 1.29 bits per heavy atom. The Hall–Kier alpha value is -0.160. The maximum Gasteiger partial charge on any atom is 0.0698 e. The van der Waals surface area contributed by atoms with E-state index in [4.69, 9.17) is 9.84 Å². The number of nitrogens with zero attached hydrogens (tertiary/aromatic N) is 1. The molecular formula is C10H24N2O2. The van der Waals surface area contributed by atoms with Gasteiger partial charge in [0.15, 0.2) is 0 Å². The van der Waals surface area contributed by atoms with Crippen LogP contribution in [-0.4, -0.2) is 62.6 Å². The van der Waals surface area contributed by atoms with E-state index in [0.717, 1.165) is 19.6 Å². The normalized spacial score (nSPS) is 11.6. The molecule has 0 aromatic heterocycles. The molecule has 0 fully saturated rings. The molecule has 0 heterocycles. The Bertz CT molecular complexity index is 121. The lowest BCUT2D eigenvalue weighted by Crippen LogP contribution is -2.38. The van der Waals surface area contributed by atoms with Gasteiger partial charge in [-0.3, -0.25) is 4.90 Å². The summed E-state index contributed by atoms with van der Waals surface area (Å²) in [5.74, 6) is 0. The molecule has 0 aromatic carbocycles. The van der Waals surface area contributed by atoms with Crippen LogP contribution >= 0.6 is 0 Å². The Balaban J connectivity index is 3.52. The number of rotatable bonds is 9. The van der Waals surface area contributed by atoms with Gasteiger partial charge in [0.25, 0.3) is 0 Å². The number of nitrogens with one attached hydrogen (secondary N) is 1. The maximum absolute atomic E-state index is 8.53. The Morgan fingerprint density at radius 2 is 2.00 bits per heavy atom. The van der Waals surface area contributed by atoms with Crippen molar-refractivity contribution in [2.24, 2.45) is 0 Å². The van der Waals surface area contributed by atoms with Gasteiger partial charge in [-0.2, -0.15) is 0 Å². The van der Waals surface area contributed by atoms with Gasteiger partial charge in [-0.05, 0) is 20.9 Å². The molecule has 4 nitrogen and oxygen atoms in total. The third kappa shape index (κ3) is 7.26. The first-order chi connectivity index (χ1) is 6.72. The smallest absolute Gasteiger partial charge is 0.0698 e. The third-order valence-electron chi connectivity index (χ3n) is 2.14. The molecule has 0 amide bonds. The van der Waals surface area contributed by atoms with Crippen molar-refractivity contribution in [1.29, 1.82) is 0 Å². The van der Waals surface area contributed by atoms with Gasteiger partial charge < -0.3 is 15.2 Å². The summed E-state index contributed by atoms with van der Waals surface area (Å²) in [7, 11) is 1.96. The molecule has 2 N–H and O–H groups in total. The van der Waals surface area contributed by atoms with Crippen LogP contribution in [0.3, 0.4) is 0 Å². The minimum absolute atomic E-state index is 0.109. The lowest BCUT2D eigenvalue weighted by molar-refractivity contribution is 0.0672. The fourth-order valence-electron chi connectivity index (χ4n) is 1.23. The van der Waals surface area contributed by atoms with Gasteiger partial charge in [0.1, 0.15) is 0 Å². The van der Waals surface area contributed by atoms with E-state index >= 15 is 0 Å². The van der Waals surface area contributed by atoms with Crippen LogP contribution in [0.1, 0.15) is 13.8 Å². The minimum Gasteiger partial charge on any atom is -0.394 e. The zero-order chi connectivity index (χ0) is 10.8. The summed E-state index contributed by atoms with van der Waals surface area (Å²) in [6.45, 7) is 8.58. The average molecular weight is 204 g/mol. The highest BCUT2D eigenvalue weighted by atomic mass is 16.5. The molecule has 4 heteroatoms. The highest BCUT2D eigenvalue weighted by Crippen LogP contribution is 1.96. The number of ether oxygens (including phenoxy) is 1. The molecule has 0 atom stereocenters. The molecule has 0 radical (unpaired) electrons. The number of hydrogen-bond donors (Lipinski definition) is 2.